The van der Waals surface area contributed by atoms with Gasteiger partial charge in [-0.2, -0.15) is 0 Å². The van der Waals surface area contributed by atoms with Crippen LogP contribution in [0.2, 0.25) is 0 Å². The van der Waals surface area contributed by atoms with E-state index in [0.717, 1.165) is 32.1 Å². The van der Waals surface area contributed by atoms with E-state index in [1.54, 1.807) is 0 Å². The first-order chi connectivity index (χ1) is 8.11. The van der Waals surface area contributed by atoms with Crippen molar-refractivity contribution in [2.24, 2.45) is 5.73 Å². The molecule has 0 saturated heterocycles. The summed E-state index contributed by atoms with van der Waals surface area (Å²) < 4.78 is 5.33. The smallest absolute Gasteiger partial charge is 0.323 e. The number of esters is 1. The lowest BCUT2D eigenvalue weighted by Crippen LogP contribution is -2.34. The zero-order valence-electron chi connectivity index (χ0n) is 11.7. The second-order valence-electron chi connectivity index (χ2n) is 4.85. The molecule has 0 bridgehead atoms. The molecule has 17 heavy (non-hydrogen) atoms. The molecule has 0 aliphatic heterocycles. The van der Waals surface area contributed by atoms with Crippen LogP contribution in [0, 0.1) is 0 Å². The van der Waals surface area contributed by atoms with Crippen LogP contribution in [0.1, 0.15) is 72.1 Å². The summed E-state index contributed by atoms with van der Waals surface area (Å²) in [4.78, 5) is 11.6. The molecule has 0 rings (SSSR count). The van der Waals surface area contributed by atoms with E-state index < -0.39 is 6.04 Å². The Balaban J connectivity index is 3.63. The van der Waals surface area contributed by atoms with Crippen molar-refractivity contribution in [3.05, 3.63) is 0 Å². The summed E-state index contributed by atoms with van der Waals surface area (Å²) in [6.07, 6.45) is 8.59. The molecule has 0 radical (unpaired) electrons. The van der Waals surface area contributed by atoms with Gasteiger partial charge in [-0.3, -0.25) is 4.79 Å². The van der Waals surface area contributed by atoms with E-state index >= 15 is 0 Å². The van der Waals surface area contributed by atoms with Crippen molar-refractivity contribution in [2.45, 2.75) is 84.3 Å². The van der Waals surface area contributed by atoms with Crippen LogP contribution in [0.5, 0.6) is 0 Å². The van der Waals surface area contributed by atoms with Gasteiger partial charge in [0.25, 0.3) is 0 Å². The number of hydrogen-bond acceptors (Lipinski definition) is 3. The van der Waals surface area contributed by atoms with Gasteiger partial charge in [0.1, 0.15) is 6.04 Å². The van der Waals surface area contributed by atoms with Crippen molar-refractivity contribution < 1.29 is 9.53 Å². The molecule has 0 heterocycles. The molecular formula is C14H29NO2. The minimum absolute atomic E-state index is 0.00651. The average Bonchev–Trinajstić information content (AvgIpc) is 2.31. The summed E-state index contributed by atoms with van der Waals surface area (Å²) in [6, 6.07) is -0.437. The van der Waals surface area contributed by atoms with Crippen LogP contribution in [0.3, 0.4) is 0 Å². The highest BCUT2D eigenvalue weighted by molar-refractivity contribution is 5.75. The molecule has 0 spiro atoms. The first kappa shape index (κ1) is 16.4. The summed E-state index contributed by atoms with van der Waals surface area (Å²) in [5, 5.41) is 0. The molecule has 1 unspecified atom stereocenters. The third kappa shape index (κ3) is 9.16. The third-order valence-electron chi connectivity index (χ3n) is 2.95. The molecule has 3 nitrogen and oxygen atoms in total. The topological polar surface area (TPSA) is 52.3 Å². The van der Waals surface area contributed by atoms with Crippen molar-refractivity contribution in [1.82, 2.24) is 0 Å². The standard InChI is InChI=1S/C14H29NO2/c1-4-6-8-9-10-12(3)17-14(16)13(15)11-7-5-2/h12-13H,4-11,15H2,1-3H3/t12?,13-/m0/s1. The molecule has 0 aliphatic rings. The van der Waals surface area contributed by atoms with Gasteiger partial charge in [0.05, 0.1) is 6.10 Å². The maximum Gasteiger partial charge on any atom is 0.323 e. The monoisotopic (exact) mass is 243 g/mol. The molecule has 0 fully saturated rings. The van der Waals surface area contributed by atoms with Gasteiger partial charge in [0, 0.05) is 0 Å². The van der Waals surface area contributed by atoms with Gasteiger partial charge in [-0.25, -0.2) is 0 Å². The van der Waals surface area contributed by atoms with Gasteiger partial charge in [-0.05, 0) is 26.2 Å². The predicted molar refractivity (Wildman–Crippen MR) is 71.8 cm³/mol. The molecule has 0 aliphatic carbocycles. The van der Waals surface area contributed by atoms with E-state index in [4.69, 9.17) is 10.5 Å². The van der Waals surface area contributed by atoms with Crippen molar-refractivity contribution in [3.8, 4) is 0 Å². The molecule has 0 saturated carbocycles. The molecule has 0 aromatic rings. The number of carbonyl (C=O) groups is 1. The first-order valence-electron chi connectivity index (χ1n) is 7.07. The molecule has 0 aromatic carbocycles. The van der Waals surface area contributed by atoms with Crippen LogP contribution < -0.4 is 5.73 Å². The lowest BCUT2D eigenvalue weighted by atomic mass is 10.1. The molecule has 3 heteroatoms. The van der Waals surface area contributed by atoms with Gasteiger partial charge in [-0.1, -0.05) is 46.0 Å². The number of nitrogens with two attached hydrogens (primary N) is 1. The van der Waals surface area contributed by atoms with Gasteiger partial charge in [-0.15, -0.1) is 0 Å². The van der Waals surface area contributed by atoms with Crippen LogP contribution in [-0.2, 0) is 9.53 Å². The SMILES string of the molecule is CCCCCCC(C)OC(=O)[C@@H](N)CCCC. The molecule has 0 aromatic heterocycles. The van der Waals surface area contributed by atoms with Crippen molar-refractivity contribution >= 4 is 5.97 Å². The summed E-state index contributed by atoms with van der Waals surface area (Å²) in [5.74, 6) is -0.235. The Bertz CT molecular complexity index is 195. The highest BCUT2D eigenvalue weighted by Crippen LogP contribution is 2.09. The van der Waals surface area contributed by atoms with Crippen LogP contribution in [0.25, 0.3) is 0 Å². The Morgan fingerprint density at radius 1 is 1.06 bits per heavy atom. The third-order valence-corrected chi connectivity index (χ3v) is 2.95. The maximum atomic E-state index is 11.6. The summed E-state index contributed by atoms with van der Waals surface area (Å²) in [5.41, 5.74) is 5.75. The molecule has 102 valence electrons. The van der Waals surface area contributed by atoms with Gasteiger partial charge in [0.15, 0.2) is 0 Å². The Morgan fingerprint density at radius 3 is 2.29 bits per heavy atom. The van der Waals surface area contributed by atoms with E-state index in [0.29, 0.717) is 0 Å². The Kier molecular flexibility index (Phi) is 10.2. The fraction of sp³-hybridized carbons (Fsp3) is 0.929. The number of ether oxygens (including phenoxy) is 1. The van der Waals surface area contributed by atoms with E-state index in [2.05, 4.69) is 13.8 Å². The van der Waals surface area contributed by atoms with Crippen LogP contribution in [-0.4, -0.2) is 18.1 Å². The van der Waals surface area contributed by atoms with Gasteiger partial charge < -0.3 is 10.5 Å². The number of rotatable bonds is 10. The summed E-state index contributed by atoms with van der Waals surface area (Å²) in [7, 11) is 0. The van der Waals surface area contributed by atoms with Crippen molar-refractivity contribution in [3.63, 3.8) is 0 Å². The van der Waals surface area contributed by atoms with Crippen LogP contribution in [0.4, 0.5) is 0 Å². The Morgan fingerprint density at radius 2 is 1.71 bits per heavy atom. The molecule has 2 N–H and O–H groups in total. The summed E-state index contributed by atoms with van der Waals surface area (Å²) >= 11 is 0. The minimum Gasteiger partial charge on any atom is -0.462 e. The molecule has 0 amide bonds. The lowest BCUT2D eigenvalue weighted by Gasteiger charge is -2.16. The minimum atomic E-state index is -0.437. The maximum absolute atomic E-state index is 11.6. The normalized spacial score (nSPS) is 14.4. The number of carbonyl (C=O) groups excluding carboxylic acids is 1. The lowest BCUT2D eigenvalue weighted by molar-refractivity contribution is -0.150. The van der Waals surface area contributed by atoms with Crippen LogP contribution >= 0.6 is 0 Å². The largest absolute Gasteiger partial charge is 0.462 e. The molecule has 2 atom stereocenters. The van der Waals surface area contributed by atoms with E-state index in [1.807, 2.05) is 6.92 Å². The van der Waals surface area contributed by atoms with Gasteiger partial charge >= 0.3 is 5.97 Å². The van der Waals surface area contributed by atoms with E-state index in [9.17, 15) is 4.79 Å². The fourth-order valence-electron chi connectivity index (χ4n) is 1.75. The van der Waals surface area contributed by atoms with Crippen molar-refractivity contribution in [2.75, 3.05) is 0 Å². The highest BCUT2D eigenvalue weighted by Gasteiger charge is 2.16. The van der Waals surface area contributed by atoms with Crippen molar-refractivity contribution in [1.29, 1.82) is 0 Å². The zero-order chi connectivity index (χ0) is 13.1. The van der Waals surface area contributed by atoms with Crippen LogP contribution in [0.15, 0.2) is 0 Å². The Hall–Kier alpha value is -0.570. The quantitative estimate of drug-likeness (QED) is 0.472. The predicted octanol–water partition coefficient (Wildman–Crippen LogP) is 3.41. The summed E-state index contributed by atoms with van der Waals surface area (Å²) in [6.45, 7) is 6.24. The Labute approximate surface area is 106 Å². The first-order valence-corrected chi connectivity index (χ1v) is 7.07. The van der Waals surface area contributed by atoms with Gasteiger partial charge in [0.2, 0.25) is 0 Å². The van der Waals surface area contributed by atoms with E-state index in [-0.39, 0.29) is 12.1 Å². The fourth-order valence-corrected chi connectivity index (χ4v) is 1.75. The second kappa shape index (κ2) is 10.6. The zero-order valence-corrected chi connectivity index (χ0v) is 11.7. The second-order valence-corrected chi connectivity index (χ2v) is 4.85. The average molecular weight is 243 g/mol. The number of hydrogen-bond donors (Lipinski definition) is 1. The van der Waals surface area contributed by atoms with E-state index in [1.165, 1.54) is 19.3 Å². The molecular weight excluding hydrogens is 214 g/mol. The highest BCUT2D eigenvalue weighted by atomic mass is 16.5. The number of unbranched alkanes of at least 4 members (excludes halogenated alkanes) is 4.